The molecule has 2 aliphatic rings. The number of carbonyl (C=O) groups excluding carboxylic acids is 2. The number of halogens is 1. The van der Waals surface area contributed by atoms with E-state index in [0.717, 1.165) is 12.8 Å². The Morgan fingerprint density at radius 1 is 1.29 bits per heavy atom. The largest absolute Gasteiger partial charge is 0.388 e. The number of likely N-dealkylation sites (tertiary alicyclic amines) is 1. The highest BCUT2D eigenvalue weighted by Gasteiger charge is 2.39. The number of rotatable bonds is 3. The lowest BCUT2D eigenvalue weighted by Crippen LogP contribution is -2.48. The van der Waals surface area contributed by atoms with E-state index in [4.69, 9.17) is 0 Å². The molecule has 0 spiro atoms. The summed E-state index contributed by atoms with van der Waals surface area (Å²) in [6.07, 6.45) is 2.73. The molecule has 1 aromatic carbocycles. The lowest BCUT2D eigenvalue weighted by Gasteiger charge is -2.34. The maximum atomic E-state index is 14.3. The average Bonchev–Trinajstić information content (AvgIpc) is 3.15. The molecule has 2 saturated heterocycles. The first-order valence-electron chi connectivity index (χ1n) is 8.42. The van der Waals surface area contributed by atoms with Gasteiger partial charge in [0, 0.05) is 25.2 Å². The summed E-state index contributed by atoms with van der Waals surface area (Å²) >= 11 is 0. The molecule has 1 unspecified atom stereocenters. The molecule has 2 fully saturated rings. The number of nitrogens with zero attached hydrogens (tertiary/aromatic N) is 2. The van der Waals surface area contributed by atoms with Crippen LogP contribution in [-0.4, -0.2) is 46.6 Å². The van der Waals surface area contributed by atoms with Crippen molar-refractivity contribution in [3.05, 3.63) is 29.6 Å². The van der Waals surface area contributed by atoms with Crippen LogP contribution in [0.5, 0.6) is 0 Å². The standard InChI is InChI=1S/C18H23FN2O3/c1-18(2,24)15-5-3-10-21(15)17(23)13-11-12(7-8-14(13)19)20-9-4-6-16(20)22/h7-8,11,15,24H,3-6,9-10H2,1-2H3. The number of amides is 2. The topological polar surface area (TPSA) is 60.9 Å². The third kappa shape index (κ3) is 3.02. The number of aliphatic hydroxyl groups is 1. The van der Waals surface area contributed by atoms with Gasteiger partial charge in [-0.25, -0.2) is 4.39 Å². The second-order valence-corrected chi connectivity index (χ2v) is 7.12. The van der Waals surface area contributed by atoms with E-state index in [1.807, 2.05) is 0 Å². The van der Waals surface area contributed by atoms with Crippen LogP contribution in [0.1, 0.15) is 49.9 Å². The van der Waals surface area contributed by atoms with Crippen LogP contribution >= 0.6 is 0 Å². The Balaban J connectivity index is 1.91. The monoisotopic (exact) mass is 334 g/mol. The van der Waals surface area contributed by atoms with Crippen molar-refractivity contribution in [2.45, 2.75) is 51.2 Å². The molecule has 0 saturated carbocycles. The van der Waals surface area contributed by atoms with Crippen LogP contribution in [0.3, 0.4) is 0 Å². The fraction of sp³-hybridized carbons (Fsp3) is 0.556. The van der Waals surface area contributed by atoms with Crippen molar-refractivity contribution < 1.29 is 19.1 Å². The average molecular weight is 334 g/mol. The summed E-state index contributed by atoms with van der Waals surface area (Å²) in [6.45, 7) is 4.42. The van der Waals surface area contributed by atoms with E-state index >= 15 is 0 Å². The number of anilines is 1. The molecule has 0 aliphatic carbocycles. The minimum absolute atomic E-state index is 0.00412. The molecular weight excluding hydrogens is 311 g/mol. The van der Waals surface area contributed by atoms with E-state index in [1.54, 1.807) is 23.6 Å². The van der Waals surface area contributed by atoms with Crippen LogP contribution in [0.4, 0.5) is 10.1 Å². The van der Waals surface area contributed by atoms with Crippen molar-refractivity contribution in [2.24, 2.45) is 0 Å². The molecule has 1 atom stereocenters. The second kappa shape index (κ2) is 6.16. The Hall–Kier alpha value is -1.95. The van der Waals surface area contributed by atoms with Gasteiger partial charge in [-0.3, -0.25) is 9.59 Å². The normalized spacial score (nSPS) is 21.7. The number of hydrogen-bond acceptors (Lipinski definition) is 3. The van der Waals surface area contributed by atoms with E-state index in [1.165, 1.54) is 18.2 Å². The molecule has 3 rings (SSSR count). The van der Waals surface area contributed by atoms with Crippen LogP contribution in [0.2, 0.25) is 0 Å². The quantitative estimate of drug-likeness (QED) is 0.923. The number of benzene rings is 1. The maximum absolute atomic E-state index is 14.3. The van der Waals surface area contributed by atoms with Gasteiger partial charge in [0.15, 0.2) is 0 Å². The molecule has 0 bridgehead atoms. The summed E-state index contributed by atoms with van der Waals surface area (Å²) in [7, 11) is 0. The predicted octanol–water partition coefficient (Wildman–Crippen LogP) is 2.33. The van der Waals surface area contributed by atoms with Crippen LogP contribution in [0.15, 0.2) is 18.2 Å². The summed E-state index contributed by atoms with van der Waals surface area (Å²) in [5.74, 6) is -1.03. The van der Waals surface area contributed by atoms with Crippen molar-refractivity contribution in [1.29, 1.82) is 0 Å². The van der Waals surface area contributed by atoms with Crippen molar-refractivity contribution in [3.8, 4) is 0 Å². The minimum atomic E-state index is -1.04. The Kier molecular flexibility index (Phi) is 4.34. The van der Waals surface area contributed by atoms with E-state index in [-0.39, 0.29) is 17.5 Å². The Morgan fingerprint density at radius 2 is 2.04 bits per heavy atom. The fourth-order valence-electron chi connectivity index (χ4n) is 3.67. The van der Waals surface area contributed by atoms with Gasteiger partial charge in [-0.05, 0) is 51.3 Å². The van der Waals surface area contributed by atoms with Crippen LogP contribution in [0, 0.1) is 5.82 Å². The molecule has 2 heterocycles. The third-order valence-corrected chi connectivity index (χ3v) is 4.89. The highest BCUT2D eigenvalue weighted by atomic mass is 19.1. The molecule has 2 aliphatic heterocycles. The molecule has 0 radical (unpaired) electrons. The van der Waals surface area contributed by atoms with E-state index in [0.29, 0.717) is 31.6 Å². The zero-order valence-electron chi connectivity index (χ0n) is 14.1. The Bertz CT molecular complexity index is 669. The lowest BCUT2D eigenvalue weighted by atomic mass is 9.96. The number of carbonyl (C=O) groups is 2. The first-order chi connectivity index (χ1) is 11.3. The van der Waals surface area contributed by atoms with Gasteiger partial charge >= 0.3 is 0 Å². The second-order valence-electron chi connectivity index (χ2n) is 7.12. The summed E-state index contributed by atoms with van der Waals surface area (Å²) in [4.78, 5) is 27.9. The smallest absolute Gasteiger partial charge is 0.257 e. The molecular formula is C18H23FN2O3. The molecule has 5 nitrogen and oxygen atoms in total. The molecule has 0 aromatic heterocycles. The Morgan fingerprint density at radius 3 is 2.67 bits per heavy atom. The first-order valence-corrected chi connectivity index (χ1v) is 8.42. The van der Waals surface area contributed by atoms with Gasteiger partial charge in [0.25, 0.3) is 5.91 Å². The van der Waals surface area contributed by atoms with Gasteiger partial charge in [-0.2, -0.15) is 0 Å². The molecule has 130 valence electrons. The van der Waals surface area contributed by atoms with E-state index in [2.05, 4.69) is 0 Å². The van der Waals surface area contributed by atoms with Gasteiger partial charge in [-0.1, -0.05) is 0 Å². The molecule has 24 heavy (non-hydrogen) atoms. The number of hydrogen-bond donors (Lipinski definition) is 1. The third-order valence-electron chi connectivity index (χ3n) is 4.89. The highest BCUT2D eigenvalue weighted by Crippen LogP contribution is 2.30. The van der Waals surface area contributed by atoms with Gasteiger partial charge in [0.1, 0.15) is 5.82 Å². The van der Waals surface area contributed by atoms with Crippen molar-refractivity contribution in [2.75, 3.05) is 18.0 Å². The van der Waals surface area contributed by atoms with E-state index < -0.39 is 17.3 Å². The first kappa shape index (κ1) is 16.9. The lowest BCUT2D eigenvalue weighted by molar-refractivity contribution is -0.117. The summed E-state index contributed by atoms with van der Waals surface area (Å²) in [5.41, 5.74) is -0.518. The summed E-state index contributed by atoms with van der Waals surface area (Å²) < 4.78 is 14.3. The summed E-state index contributed by atoms with van der Waals surface area (Å²) in [5, 5.41) is 10.3. The van der Waals surface area contributed by atoms with Crippen molar-refractivity contribution in [1.82, 2.24) is 4.90 Å². The van der Waals surface area contributed by atoms with Crippen molar-refractivity contribution >= 4 is 17.5 Å². The zero-order chi connectivity index (χ0) is 17.5. The van der Waals surface area contributed by atoms with Crippen LogP contribution in [0.25, 0.3) is 0 Å². The fourth-order valence-corrected chi connectivity index (χ4v) is 3.67. The Labute approximate surface area is 141 Å². The van der Waals surface area contributed by atoms with Gasteiger partial charge in [0.05, 0.1) is 17.2 Å². The molecule has 6 heteroatoms. The van der Waals surface area contributed by atoms with Crippen molar-refractivity contribution in [3.63, 3.8) is 0 Å². The van der Waals surface area contributed by atoms with Crippen LogP contribution < -0.4 is 4.90 Å². The highest BCUT2D eigenvalue weighted by molar-refractivity contribution is 5.99. The van der Waals surface area contributed by atoms with Gasteiger partial charge in [0.2, 0.25) is 5.91 Å². The van der Waals surface area contributed by atoms with Gasteiger partial charge < -0.3 is 14.9 Å². The minimum Gasteiger partial charge on any atom is -0.388 e. The molecule has 2 amide bonds. The zero-order valence-corrected chi connectivity index (χ0v) is 14.1. The molecule has 1 aromatic rings. The van der Waals surface area contributed by atoms with E-state index in [9.17, 15) is 19.1 Å². The predicted molar refractivity (Wildman–Crippen MR) is 88.3 cm³/mol. The molecule has 1 N–H and O–H groups in total. The maximum Gasteiger partial charge on any atom is 0.257 e. The van der Waals surface area contributed by atoms with Crippen LogP contribution in [-0.2, 0) is 4.79 Å². The summed E-state index contributed by atoms with van der Waals surface area (Å²) in [6, 6.07) is 3.90. The van der Waals surface area contributed by atoms with Gasteiger partial charge in [-0.15, -0.1) is 0 Å². The SMILES string of the molecule is CC(C)(O)C1CCCN1C(=O)c1cc(N2CCCC2=O)ccc1F.